The summed E-state index contributed by atoms with van der Waals surface area (Å²) in [5.41, 5.74) is 0.549. The first-order valence-electron chi connectivity index (χ1n) is 4.35. The zero-order valence-electron chi connectivity index (χ0n) is 8.49. The summed E-state index contributed by atoms with van der Waals surface area (Å²) in [5.74, 6) is 0.0663. The number of aliphatic hydroxyl groups is 1. The lowest BCUT2D eigenvalue weighted by atomic mass is 10.2. The van der Waals surface area contributed by atoms with Gasteiger partial charge >= 0.3 is 6.61 Å². The van der Waals surface area contributed by atoms with Gasteiger partial charge in [-0.05, 0) is 24.6 Å². The molecule has 0 bridgehead atoms. The minimum Gasteiger partial charge on any atom is -0.435 e. The number of alkyl halides is 2. The molecule has 0 spiro atoms. The average molecular weight is 218 g/mol. The highest BCUT2D eigenvalue weighted by Crippen LogP contribution is 2.15. The summed E-state index contributed by atoms with van der Waals surface area (Å²) in [5, 5.41) is 8.65. The van der Waals surface area contributed by atoms with E-state index in [9.17, 15) is 8.78 Å². The molecule has 0 saturated heterocycles. The van der Waals surface area contributed by atoms with Gasteiger partial charge in [0, 0.05) is 1.43 Å². The second kappa shape index (κ2) is 7.94. The van der Waals surface area contributed by atoms with Crippen molar-refractivity contribution in [3.05, 3.63) is 42.5 Å². The van der Waals surface area contributed by atoms with Crippen molar-refractivity contribution in [1.29, 1.82) is 0 Å². The Balaban J connectivity index is 0. The third kappa shape index (κ3) is 6.62. The van der Waals surface area contributed by atoms with Crippen LogP contribution in [0.25, 0.3) is 0 Å². The van der Waals surface area contributed by atoms with E-state index in [4.69, 9.17) is 5.11 Å². The summed E-state index contributed by atoms with van der Waals surface area (Å²) in [7, 11) is 0. The Bertz CT molecular complexity index is 293. The van der Waals surface area contributed by atoms with Gasteiger partial charge in [-0.3, -0.25) is 0 Å². The van der Waals surface area contributed by atoms with Crippen LogP contribution in [-0.2, 0) is 6.61 Å². The number of hydrogen-bond acceptors (Lipinski definition) is 2. The number of hydrogen-bond donors (Lipinski definition) is 1. The van der Waals surface area contributed by atoms with E-state index in [-0.39, 0.29) is 13.8 Å². The van der Waals surface area contributed by atoms with Crippen LogP contribution in [0, 0.1) is 0 Å². The molecular weight excluding hydrogens is 202 g/mol. The largest absolute Gasteiger partial charge is 0.435 e. The Kier molecular flexibility index (Phi) is 7.18. The maximum absolute atomic E-state index is 11.7. The minimum atomic E-state index is -2.82. The molecular formula is C11H16F2O2. The zero-order chi connectivity index (χ0) is 11.7. The van der Waals surface area contributed by atoms with Gasteiger partial charge in [-0.2, -0.15) is 8.78 Å². The van der Waals surface area contributed by atoms with Gasteiger partial charge in [0.05, 0.1) is 6.61 Å². The van der Waals surface area contributed by atoms with E-state index in [1.165, 1.54) is 12.1 Å². The van der Waals surface area contributed by atoms with Crippen LogP contribution in [0.5, 0.6) is 5.75 Å². The minimum absolute atomic E-state index is 0. The maximum atomic E-state index is 11.7. The topological polar surface area (TPSA) is 29.5 Å². The fourth-order valence-electron chi connectivity index (χ4n) is 0.820. The van der Waals surface area contributed by atoms with E-state index < -0.39 is 6.61 Å². The lowest BCUT2D eigenvalue weighted by Gasteiger charge is -2.04. The zero-order valence-corrected chi connectivity index (χ0v) is 8.49. The van der Waals surface area contributed by atoms with E-state index in [0.29, 0.717) is 5.56 Å². The monoisotopic (exact) mass is 218 g/mol. The molecule has 2 nitrogen and oxygen atoms in total. The van der Waals surface area contributed by atoms with Crippen LogP contribution in [0.2, 0.25) is 0 Å². The molecule has 0 amide bonds. The number of allylic oxidation sites excluding steroid dienone is 1. The first-order chi connectivity index (χ1) is 7.13. The van der Waals surface area contributed by atoms with Gasteiger partial charge in [-0.25, -0.2) is 0 Å². The van der Waals surface area contributed by atoms with Crippen LogP contribution in [0.15, 0.2) is 36.9 Å². The molecule has 1 rings (SSSR count). The molecule has 0 radical (unpaired) electrons. The number of ether oxygens (including phenoxy) is 1. The summed E-state index contributed by atoms with van der Waals surface area (Å²) in [6, 6.07) is 5.94. The molecule has 0 aliphatic carbocycles. The summed E-state index contributed by atoms with van der Waals surface area (Å²) in [6.07, 6.45) is 1.75. The molecule has 1 aromatic carbocycles. The van der Waals surface area contributed by atoms with Crippen LogP contribution >= 0.6 is 0 Å². The maximum Gasteiger partial charge on any atom is 0.387 e. The quantitative estimate of drug-likeness (QED) is 0.789. The van der Waals surface area contributed by atoms with Gasteiger partial charge in [0.1, 0.15) is 5.75 Å². The van der Waals surface area contributed by atoms with Gasteiger partial charge in [0.2, 0.25) is 0 Å². The van der Waals surface area contributed by atoms with Gasteiger partial charge in [-0.1, -0.05) is 18.2 Å². The summed E-state index contributed by atoms with van der Waals surface area (Å²) >= 11 is 0. The lowest BCUT2D eigenvalue weighted by Crippen LogP contribution is -2.01. The van der Waals surface area contributed by atoms with Gasteiger partial charge in [0.15, 0.2) is 0 Å². The van der Waals surface area contributed by atoms with Crippen molar-refractivity contribution in [2.75, 3.05) is 0 Å². The smallest absolute Gasteiger partial charge is 0.387 e. The molecule has 0 heterocycles. The molecule has 0 saturated carbocycles. The molecule has 4 heteroatoms. The molecule has 0 unspecified atom stereocenters. The van der Waals surface area contributed by atoms with Crippen molar-refractivity contribution in [2.24, 2.45) is 0 Å². The molecule has 0 fully saturated rings. The predicted molar refractivity (Wildman–Crippen MR) is 57.0 cm³/mol. The van der Waals surface area contributed by atoms with Crippen molar-refractivity contribution in [3.63, 3.8) is 0 Å². The first-order valence-corrected chi connectivity index (χ1v) is 4.35. The van der Waals surface area contributed by atoms with E-state index in [0.717, 1.165) is 0 Å². The highest BCUT2D eigenvalue weighted by molar-refractivity contribution is 5.27. The van der Waals surface area contributed by atoms with Crippen molar-refractivity contribution in [2.45, 2.75) is 20.1 Å². The molecule has 0 aromatic heterocycles. The highest BCUT2D eigenvalue weighted by Gasteiger charge is 2.03. The van der Waals surface area contributed by atoms with Crippen molar-refractivity contribution in [1.82, 2.24) is 0 Å². The predicted octanol–water partition coefficient (Wildman–Crippen LogP) is 3.22. The second-order valence-corrected chi connectivity index (χ2v) is 2.59. The summed E-state index contributed by atoms with van der Waals surface area (Å²) in [4.78, 5) is 0. The molecule has 86 valence electrons. The highest BCUT2D eigenvalue weighted by atomic mass is 19.3. The third-order valence-corrected chi connectivity index (χ3v) is 1.31. The Labute approximate surface area is 89.3 Å². The van der Waals surface area contributed by atoms with E-state index in [2.05, 4.69) is 11.3 Å². The van der Waals surface area contributed by atoms with Gasteiger partial charge < -0.3 is 9.84 Å². The Morgan fingerprint density at radius 3 is 2.67 bits per heavy atom. The van der Waals surface area contributed by atoms with Crippen LogP contribution < -0.4 is 4.74 Å². The lowest BCUT2D eigenvalue weighted by molar-refractivity contribution is -0.0499. The molecule has 0 aliphatic heterocycles. The number of aliphatic hydroxyl groups excluding tert-OH is 1. The molecule has 1 aromatic rings. The van der Waals surface area contributed by atoms with E-state index in [1.54, 1.807) is 18.2 Å². The van der Waals surface area contributed by atoms with Crippen molar-refractivity contribution < 1.29 is 20.1 Å². The molecule has 1 N–H and O–H groups in total. The molecule has 0 aliphatic rings. The normalized spacial score (nSPS) is 9.13. The van der Waals surface area contributed by atoms with Crippen LogP contribution in [0.1, 0.15) is 13.9 Å². The fourth-order valence-corrected chi connectivity index (χ4v) is 0.820. The van der Waals surface area contributed by atoms with Crippen LogP contribution in [0.4, 0.5) is 8.78 Å². The Morgan fingerprint density at radius 1 is 1.60 bits per heavy atom. The Hall–Kier alpha value is -1.42. The van der Waals surface area contributed by atoms with Crippen LogP contribution in [-0.4, -0.2) is 11.7 Å². The Morgan fingerprint density at radius 2 is 2.20 bits per heavy atom. The fraction of sp³-hybridized carbons (Fsp3) is 0.273. The number of halogens is 2. The molecule has 15 heavy (non-hydrogen) atoms. The van der Waals surface area contributed by atoms with Crippen molar-refractivity contribution >= 4 is 0 Å². The first kappa shape index (κ1) is 13.6. The van der Waals surface area contributed by atoms with E-state index >= 15 is 0 Å². The average Bonchev–Trinajstić information content (AvgIpc) is 2.18. The van der Waals surface area contributed by atoms with Gasteiger partial charge in [0.25, 0.3) is 0 Å². The number of benzene rings is 1. The summed E-state index contributed by atoms with van der Waals surface area (Å²) in [6.45, 7) is 2.25. The van der Waals surface area contributed by atoms with Crippen LogP contribution in [0.3, 0.4) is 0 Å². The second-order valence-electron chi connectivity index (χ2n) is 2.59. The standard InChI is InChI=1S/C8H8F2O2.C3H6.H2/c9-8(10)12-7-3-1-2-6(4-7)5-11;1-3-2;/h1-4,8,11H,5H2;3H,1H2,2H3;1H. The van der Waals surface area contributed by atoms with Crippen molar-refractivity contribution in [3.8, 4) is 5.75 Å². The van der Waals surface area contributed by atoms with E-state index in [1.807, 2.05) is 6.92 Å². The summed E-state index contributed by atoms with van der Waals surface area (Å²) < 4.78 is 27.5. The van der Waals surface area contributed by atoms with Gasteiger partial charge in [-0.15, -0.1) is 6.58 Å². The molecule has 0 atom stereocenters. The number of rotatable bonds is 3. The third-order valence-electron chi connectivity index (χ3n) is 1.31. The SMILES string of the molecule is C=CC.OCc1cccc(OC(F)F)c1.[HH].